The van der Waals surface area contributed by atoms with Crippen molar-refractivity contribution in [1.82, 2.24) is 20.4 Å². The van der Waals surface area contributed by atoms with Gasteiger partial charge in [0, 0.05) is 45.8 Å². The molecule has 1 aliphatic rings. The molecule has 0 radical (unpaired) electrons. The summed E-state index contributed by atoms with van der Waals surface area (Å²) in [6.45, 7) is 7.51. The Bertz CT molecular complexity index is 760. The average Bonchev–Trinajstić information content (AvgIpc) is 2.79. The van der Waals surface area contributed by atoms with E-state index in [1.54, 1.807) is 24.3 Å². The van der Waals surface area contributed by atoms with Crippen molar-refractivity contribution in [3.8, 4) is 0 Å². The van der Waals surface area contributed by atoms with E-state index in [0.29, 0.717) is 0 Å². The molecule has 1 saturated heterocycles. The molecule has 2 aromatic rings. The minimum Gasteiger partial charge on any atom is -0.338 e. The van der Waals surface area contributed by atoms with Gasteiger partial charge in [0.25, 0.3) is 0 Å². The van der Waals surface area contributed by atoms with Crippen molar-refractivity contribution < 1.29 is 13.6 Å². The summed E-state index contributed by atoms with van der Waals surface area (Å²) in [6.07, 6.45) is 2.07. The molecule has 0 unspecified atom stereocenters. The van der Waals surface area contributed by atoms with E-state index in [4.69, 9.17) is 0 Å². The standard InChI is InChI=1S/C24H32F2N4O/c1-2-3-12-28-24(31)30-17-15-29(16-18-30)14-13-27-23(19-4-8-21(25)9-5-19)20-6-10-22(26)11-7-20/h4-11,23,27H,2-3,12-18H2,1H3,(H,28,31). The number of halogens is 2. The number of benzene rings is 2. The van der Waals surface area contributed by atoms with Crippen LogP contribution in [0.15, 0.2) is 48.5 Å². The Hall–Kier alpha value is -2.51. The molecular formula is C24H32F2N4O. The van der Waals surface area contributed by atoms with Crippen LogP contribution in [0, 0.1) is 11.6 Å². The van der Waals surface area contributed by atoms with Gasteiger partial charge >= 0.3 is 6.03 Å². The Morgan fingerprint density at radius 2 is 1.45 bits per heavy atom. The van der Waals surface area contributed by atoms with Gasteiger partial charge in [-0.25, -0.2) is 13.6 Å². The van der Waals surface area contributed by atoms with E-state index in [2.05, 4.69) is 22.5 Å². The van der Waals surface area contributed by atoms with E-state index < -0.39 is 0 Å². The van der Waals surface area contributed by atoms with E-state index >= 15 is 0 Å². The van der Waals surface area contributed by atoms with Gasteiger partial charge in [0.2, 0.25) is 0 Å². The molecule has 1 fully saturated rings. The van der Waals surface area contributed by atoms with Crippen molar-refractivity contribution in [3.05, 3.63) is 71.3 Å². The minimum atomic E-state index is -0.279. The van der Waals surface area contributed by atoms with Gasteiger partial charge in [0.1, 0.15) is 11.6 Å². The fourth-order valence-electron chi connectivity index (χ4n) is 3.76. The van der Waals surface area contributed by atoms with Crippen LogP contribution in [0.4, 0.5) is 13.6 Å². The number of rotatable bonds is 9. The molecule has 168 valence electrons. The van der Waals surface area contributed by atoms with Gasteiger partial charge < -0.3 is 15.5 Å². The highest BCUT2D eigenvalue weighted by Crippen LogP contribution is 2.22. The van der Waals surface area contributed by atoms with E-state index in [-0.39, 0.29) is 23.7 Å². The van der Waals surface area contributed by atoms with Crippen molar-refractivity contribution in [2.45, 2.75) is 25.8 Å². The first-order valence-corrected chi connectivity index (χ1v) is 11.1. The molecule has 0 bridgehead atoms. The smallest absolute Gasteiger partial charge is 0.317 e. The summed E-state index contributed by atoms with van der Waals surface area (Å²) in [6, 6.07) is 12.7. The lowest BCUT2D eigenvalue weighted by molar-refractivity contribution is 0.139. The van der Waals surface area contributed by atoms with Gasteiger partial charge in [0.05, 0.1) is 6.04 Å². The van der Waals surface area contributed by atoms with Crippen molar-refractivity contribution in [2.24, 2.45) is 0 Å². The molecule has 1 aliphatic heterocycles. The van der Waals surface area contributed by atoms with Gasteiger partial charge in [-0.2, -0.15) is 0 Å². The largest absolute Gasteiger partial charge is 0.338 e. The number of urea groups is 1. The fraction of sp³-hybridized carbons (Fsp3) is 0.458. The normalized spacial score (nSPS) is 14.8. The maximum Gasteiger partial charge on any atom is 0.317 e. The monoisotopic (exact) mass is 430 g/mol. The molecular weight excluding hydrogens is 398 g/mol. The molecule has 2 amide bonds. The van der Waals surface area contributed by atoms with E-state index in [1.165, 1.54) is 24.3 Å². The summed E-state index contributed by atoms with van der Waals surface area (Å²) in [5, 5.41) is 6.50. The molecule has 3 rings (SSSR count). The Morgan fingerprint density at radius 1 is 0.903 bits per heavy atom. The summed E-state index contributed by atoms with van der Waals surface area (Å²) < 4.78 is 26.7. The van der Waals surface area contributed by atoms with Crippen LogP contribution in [0.1, 0.15) is 36.9 Å². The third-order valence-corrected chi connectivity index (χ3v) is 5.65. The maximum absolute atomic E-state index is 13.4. The lowest BCUT2D eigenvalue weighted by Gasteiger charge is -2.35. The second-order valence-corrected chi connectivity index (χ2v) is 7.90. The molecule has 0 spiro atoms. The first-order valence-electron chi connectivity index (χ1n) is 11.1. The Kier molecular flexibility index (Phi) is 8.79. The highest BCUT2D eigenvalue weighted by Gasteiger charge is 2.21. The Balaban J connectivity index is 1.50. The van der Waals surface area contributed by atoms with Crippen molar-refractivity contribution >= 4 is 6.03 Å². The number of hydrogen-bond donors (Lipinski definition) is 2. The second kappa shape index (κ2) is 11.8. The zero-order chi connectivity index (χ0) is 22.1. The average molecular weight is 431 g/mol. The van der Waals surface area contributed by atoms with Gasteiger partial charge in [-0.1, -0.05) is 37.6 Å². The molecule has 31 heavy (non-hydrogen) atoms. The Labute approximate surface area is 183 Å². The highest BCUT2D eigenvalue weighted by atomic mass is 19.1. The zero-order valence-corrected chi connectivity index (χ0v) is 18.1. The fourth-order valence-corrected chi connectivity index (χ4v) is 3.76. The predicted octanol–water partition coefficient (Wildman–Crippen LogP) is 3.77. The molecule has 1 heterocycles. The first-order chi connectivity index (χ1) is 15.1. The SMILES string of the molecule is CCCCNC(=O)N1CCN(CCNC(c2ccc(F)cc2)c2ccc(F)cc2)CC1. The van der Waals surface area contributed by atoms with Crippen LogP contribution in [0.25, 0.3) is 0 Å². The van der Waals surface area contributed by atoms with Crippen LogP contribution in [0.3, 0.4) is 0 Å². The molecule has 7 heteroatoms. The zero-order valence-electron chi connectivity index (χ0n) is 18.1. The first kappa shape index (κ1) is 23.2. The number of nitrogens with one attached hydrogen (secondary N) is 2. The molecule has 2 N–H and O–H groups in total. The van der Waals surface area contributed by atoms with Crippen LogP contribution in [-0.4, -0.2) is 61.6 Å². The van der Waals surface area contributed by atoms with Gasteiger partial charge in [-0.3, -0.25) is 4.90 Å². The summed E-state index contributed by atoms with van der Waals surface area (Å²) in [5.74, 6) is -0.559. The van der Waals surface area contributed by atoms with E-state index in [0.717, 1.165) is 69.8 Å². The number of hydrogen-bond acceptors (Lipinski definition) is 3. The number of carbonyl (C=O) groups is 1. The summed E-state index contributed by atoms with van der Waals surface area (Å²) in [4.78, 5) is 16.4. The number of piperazine rings is 1. The highest BCUT2D eigenvalue weighted by molar-refractivity contribution is 5.74. The van der Waals surface area contributed by atoms with Crippen LogP contribution in [0.5, 0.6) is 0 Å². The number of unbranched alkanes of at least 4 members (excludes halogenated alkanes) is 1. The topological polar surface area (TPSA) is 47.6 Å². The second-order valence-electron chi connectivity index (χ2n) is 7.90. The van der Waals surface area contributed by atoms with Crippen molar-refractivity contribution in [2.75, 3.05) is 45.8 Å². The number of carbonyl (C=O) groups excluding carboxylic acids is 1. The Morgan fingerprint density at radius 3 is 1.97 bits per heavy atom. The third kappa shape index (κ3) is 7.01. The van der Waals surface area contributed by atoms with Crippen molar-refractivity contribution in [3.63, 3.8) is 0 Å². The van der Waals surface area contributed by atoms with Gasteiger partial charge in [0.15, 0.2) is 0 Å². The quantitative estimate of drug-likeness (QED) is 0.596. The van der Waals surface area contributed by atoms with Crippen LogP contribution >= 0.6 is 0 Å². The molecule has 0 saturated carbocycles. The van der Waals surface area contributed by atoms with Crippen LogP contribution in [0.2, 0.25) is 0 Å². The van der Waals surface area contributed by atoms with Crippen LogP contribution in [-0.2, 0) is 0 Å². The van der Waals surface area contributed by atoms with Crippen molar-refractivity contribution in [1.29, 1.82) is 0 Å². The lowest BCUT2D eigenvalue weighted by Crippen LogP contribution is -2.52. The molecule has 0 aliphatic carbocycles. The molecule has 5 nitrogen and oxygen atoms in total. The third-order valence-electron chi connectivity index (χ3n) is 5.65. The van der Waals surface area contributed by atoms with Crippen LogP contribution < -0.4 is 10.6 Å². The number of amides is 2. The summed E-state index contributed by atoms with van der Waals surface area (Å²) >= 11 is 0. The maximum atomic E-state index is 13.4. The van der Waals surface area contributed by atoms with Gasteiger partial charge in [-0.05, 0) is 41.8 Å². The van der Waals surface area contributed by atoms with E-state index in [1.807, 2.05) is 4.90 Å². The molecule has 2 aromatic carbocycles. The summed E-state index contributed by atoms with van der Waals surface area (Å²) in [5.41, 5.74) is 1.86. The predicted molar refractivity (Wildman–Crippen MR) is 119 cm³/mol. The lowest BCUT2D eigenvalue weighted by atomic mass is 9.98. The summed E-state index contributed by atoms with van der Waals surface area (Å²) in [7, 11) is 0. The number of nitrogens with zero attached hydrogens (tertiary/aromatic N) is 2. The van der Waals surface area contributed by atoms with E-state index in [9.17, 15) is 13.6 Å². The molecule has 0 atom stereocenters. The minimum absolute atomic E-state index is 0.0268. The molecule has 0 aromatic heterocycles. The van der Waals surface area contributed by atoms with Gasteiger partial charge in [-0.15, -0.1) is 0 Å².